The molecule has 0 spiro atoms. The molecule has 0 saturated carbocycles. The lowest BCUT2D eigenvalue weighted by Gasteiger charge is -2.44. The Morgan fingerprint density at radius 3 is 2.53 bits per heavy atom. The number of carboxylic acid groups (broad SMARTS) is 1. The van der Waals surface area contributed by atoms with Crippen LogP contribution in [0.4, 0.5) is 0 Å². The maximum atomic E-state index is 10.9. The molecule has 1 heterocycles. The lowest BCUT2D eigenvalue weighted by atomic mass is 9.87. The third-order valence-electron chi connectivity index (χ3n) is 3.55. The number of hydrogen-bond acceptors (Lipinski definition) is 4. The molecule has 1 unspecified atom stereocenters. The smallest absolute Gasteiger partial charge is 0.305 e. The SMILES string of the molecule is COc1ccc(C(C)NC2(CC(=O)O)CNC2)cc1. The van der Waals surface area contributed by atoms with Crippen LogP contribution in [-0.2, 0) is 4.79 Å². The van der Waals surface area contributed by atoms with E-state index in [1.165, 1.54) is 0 Å². The molecule has 0 radical (unpaired) electrons. The number of carbonyl (C=O) groups is 1. The van der Waals surface area contributed by atoms with Gasteiger partial charge in [-0.1, -0.05) is 12.1 Å². The van der Waals surface area contributed by atoms with Gasteiger partial charge in [0.15, 0.2) is 0 Å². The lowest BCUT2D eigenvalue weighted by molar-refractivity contribution is -0.139. The van der Waals surface area contributed by atoms with E-state index in [9.17, 15) is 4.79 Å². The standard InChI is InChI=1S/C14H20N2O3/c1-10(11-3-5-12(19-2)6-4-11)16-14(7-13(17)18)8-15-9-14/h3-6,10,15-16H,7-9H2,1-2H3,(H,17,18). The first-order valence-electron chi connectivity index (χ1n) is 6.39. The van der Waals surface area contributed by atoms with E-state index in [1.54, 1.807) is 7.11 Å². The Kier molecular flexibility index (Phi) is 4.07. The van der Waals surface area contributed by atoms with Gasteiger partial charge in [0.05, 0.1) is 19.1 Å². The highest BCUT2D eigenvalue weighted by molar-refractivity contribution is 5.68. The van der Waals surface area contributed by atoms with E-state index in [-0.39, 0.29) is 18.0 Å². The van der Waals surface area contributed by atoms with Gasteiger partial charge < -0.3 is 20.5 Å². The Balaban J connectivity index is 2.02. The average Bonchev–Trinajstić information content (AvgIpc) is 2.35. The number of methoxy groups -OCH3 is 1. The second kappa shape index (κ2) is 5.59. The van der Waals surface area contributed by atoms with Crippen molar-refractivity contribution in [2.24, 2.45) is 0 Å². The van der Waals surface area contributed by atoms with Gasteiger partial charge in [0.2, 0.25) is 0 Å². The van der Waals surface area contributed by atoms with E-state index >= 15 is 0 Å². The van der Waals surface area contributed by atoms with Crippen molar-refractivity contribution < 1.29 is 14.6 Å². The van der Waals surface area contributed by atoms with Crippen molar-refractivity contribution in [1.82, 2.24) is 10.6 Å². The monoisotopic (exact) mass is 264 g/mol. The summed E-state index contributed by atoms with van der Waals surface area (Å²) in [5, 5.41) is 15.5. The number of rotatable bonds is 6. The molecule has 0 aromatic heterocycles. The second-order valence-electron chi connectivity index (χ2n) is 5.09. The van der Waals surface area contributed by atoms with Gasteiger partial charge in [0, 0.05) is 19.1 Å². The Morgan fingerprint density at radius 2 is 2.11 bits per heavy atom. The molecule has 1 saturated heterocycles. The molecule has 1 atom stereocenters. The zero-order valence-electron chi connectivity index (χ0n) is 11.3. The first-order valence-corrected chi connectivity index (χ1v) is 6.39. The van der Waals surface area contributed by atoms with Crippen LogP contribution in [0.3, 0.4) is 0 Å². The van der Waals surface area contributed by atoms with Crippen LogP contribution >= 0.6 is 0 Å². The number of carboxylic acids is 1. The first-order chi connectivity index (χ1) is 9.04. The molecule has 1 aliphatic heterocycles. The lowest BCUT2D eigenvalue weighted by Crippen LogP contribution is -2.68. The number of hydrogen-bond donors (Lipinski definition) is 3. The van der Waals surface area contributed by atoms with E-state index in [0.717, 1.165) is 11.3 Å². The Labute approximate surface area is 113 Å². The molecular formula is C14H20N2O3. The van der Waals surface area contributed by atoms with Crippen molar-refractivity contribution in [3.8, 4) is 5.75 Å². The molecular weight excluding hydrogens is 244 g/mol. The predicted octanol–water partition coefficient (Wildman–Crippen LogP) is 1.16. The molecule has 5 nitrogen and oxygen atoms in total. The minimum absolute atomic E-state index is 0.104. The summed E-state index contributed by atoms with van der Waals surface area (Å²) in [6, 6.07) is 7.92. The average molecular weight is 264 g/mol. The third-order valence-corrected chi connectivity index (χ3v) is 3.55. The summed E-state index contributed by atoms with van der Waals surface area (Å²) < 4.78 is 5.13. The molecule has 104 valence electrons. The van der Waals surface area contributed by atoms with Gasteiger partial charge in [-0.3, -0.25) is 4.79 Å². The summed E-state index contributed by atoms with van der Waals surface area (Å²) in [5.41, 5.74) is 0.794. The van der Waals surface area contributed by atoms with Gasteiger partial charge in [-0.05, 0) is 24.6 Å². The quantitative estimate of drug-likeness (QED) is 0.719. The summed E-state index contributed by atoms with van der Waals surface area (Å²) >= 11 is 0. The molecule has 0 bridgehead atoms. The van der Waals surface area contributed by atoms with E-state index in [2.05, 4.69) is 10.6 Å². The maximum Gasteiger partial charge on any atom is 0.305 e. The maximum absolute atomic E-state index is 10.9. The van der Waals surface area contributed by atoms with Gasteiger partial charge >= 0.3 is 5.97 Å². The van der Waals surface area contributed by atoms with Gasteiger partial charge in [-0.25, -0.2) is 0 Å². The molecule has 1 aliphatic rings. The summed E-state index contributed by atoms with van der Waals surface area (Å²) in [4.78, 5) is 10.9. The largest absolute Gasteiger partial charge is 0.497 e. The van der Waals surface area contributed by atoms with Gasteiger partial charge in [-0.2, -0.15) is 0 Å². The van der Waals surface area contributed by atoms with Crippen molar-refractivity contribution >= 4 is 5.97 Å². The molecule has 0 amide bonds. The Morgan fingerprint density at radius 1 is 1.47 bits per heavy atom. The summed E-state index contributed by atoms with van der Waals surface area (Å²) in [7, 11) is 1.64. The fourth-order valence-electron chi connectivity index (χ4n) is 2.43. The fraction of sp³-hybridized carbons (Fsp3) is 0.500. The number of benzene rings is 1. The zero-order valence-corrected chi connectivity index (χ0v) is 11.3. The minimum atomic E-state index is -0.768. The van der Waals surface area contributed by atoms with E-state index < -0.39 is 5.97 Å². The molecule has 2 rings (SSSR count). The zero-order chi connectivity index (χ0) is 13.9. The van der Waals surface area contributed by atoms with Crippen LogP contribution in [0.25, 0.3) is 0 Å². The predicted molar refractivity (Wildman–Crippen MR) is 72.4 cm³/mol. The Hall–Kier alpha value is -1.59. The van der Waals surface area contributed by atoms with Crippen molar-refractivity contribution in [2.45, 2.75) is 24.9 Å². The molecule has 3 N–H and O–H groups in total. The molecule has 5 heteroatoms. The van der Waals surface area contributed by atoms with Crippen LogP contribution in [0.2, 0.25) is 0 Å². The van der Waals surface area contributed by atoms with Crippen molar-refractivity contribution in [3.63, 3.8) is 0 Å². The molecule has 1 fully saturated rings. The number of nitrogens with one attached hydrogen (secondary N) is 2. The van der Waals surface area contributed by atoms with Crippen LogP contribution in [0.5, 0.6) is 5.75 Å². The molecule has 0 aliphatic carbocycles. The normalized spacial score (nSPS) is 18.4. The van der Waals surface area contributed by atoms with Crippen LogP contribution < -0.4 is 15.4 Å². The fourth-order valence-corrected chi connectivity index (χ4v) is 2.43. The molecule has 1 aromatic carbocycles. The molecule has 19 heavy (non-hydrogen) atoms. The molecule has 1 aromatic rings. The van der Waals surface area contributed by atoms with Gasteiger partial charge in [0.25, 0.3) is 0 Å². The van der Waals surface area contributed by atoms with Gasteiger partial charge in [0.1, 0.15) is 5.75 Å². The van der Waals surface area contributed by atoms with Crippen LogP contribution in [0, 0.1) is 0 Å². The van der Waals surface area contributed by atoms with Crippen molar-refractivity contribution in [3.05, 3.63) is 29.8 Å². The second-order valence-corrected chi connectivity index (χ2v) is 5.09. The van der Waals surface area contributed by atoms with E-state index in [4.69, 9.17) is 9.84 Å². The van der Waals surface area contributed by atoms with Crippen LogP contribution in [0.1, 0.15) is 24.9 Å². The first kappa shape index (κ1) is 13.8. The summed E-state index contributed by atoms with van der Waals surface area (Å²) in [6.45, 7) is 3.43. The number of aliphatic carboxylic acids is 1. The van der Waals surface area contributed by atoms with Crippen LogP contribution in [0.15, 0.2) is 24.3 Å². The topological polar surface area (TPSA) is 70.6 Å². The van der Waals surface area contributed by atoms with Crippen LogP contribution in [-0.4, -0.2) is 36.8 Å². The highest BCUT2D eigenvalue weighted by atomic mass is 16.5. The minimum Gasteiger partial charge on any atom is -0.497 e. The Bertz CT molecular complexity index is 441. The van der Waals surface area contributed by atoms with E-state index in [0.29, 0.717) is 13.1 Å². The third kappa shape index (κ3) is 3.24. The van der Waals surface area contributed by atoms with Crippen molar-refractivity contribution in [1.29, 1.82) is 0 Å². The highest BCUT2D eigenvalue weighted by Gasteiger charge is 2.39. The highest BCUT2D eigenvalue weighted by Crippen LogP contribution is 2.23. The number of ether oxygens (including phenoxy) is 1. The van der Waals surface area contributed by atoms with Crippen molar-refractivity contribution in [2.75, 3.05) is 20.2 Å². The van der Waals surface area contributed by atoms with Gasteiger partial charge in [-0.15, -0.1) is 0 Å². The summed E-state index contributed by atoms with van der Waals surface area (Å²) in [6.07, 6.45) is 0.139. The summed E-state index contributed by atoms with van der Waals surface area (Å²) in [5.74, 6) is 0.0532. The van der Waals surface area contributed by atoms with E-state index in [1.807, 2.05) is 31.2 Å².